The molecule has 0 N–H and O–H groups in total. The Morgan fingerprint density at radius 3 is 2.48 bits per heavy atom. The van der Waals surface area contributed by atoms with Gasteiger partial charge in [-0.15, -0.1) is 0 Å². The maximum absolute atomic E-state index is 12.9. The summed E-state index contributed by atoms with van der Waals surface area (Å²) in [4.78, 5) is 15.9. The van der Waals surface area contributed by atoms with E-state index in [0.29, 0.717) is 25.5 Å². The van der Waals surface area contributed by atoms with Crippen LogP contribution in [0.3, 0.4) is 0 Å². The van der Waals surface area contributed by atoms with Crippen molar-refractivity contribution in [2.24, 2.45) is 0 Å². The van der Waals surface area contributed by atoms with Crippen LogP contribution in [0.2, 0.25) is 0 Å². The number of fused-ring (bicyclic) bond motifs is 1. The lowest BCUT2D eigenvalue weighted by atomic mass is 10.0. The molecule has 160 valence electrons. The molecule has 31 heavy (non-hydrogen) atoms. The number of hydrogen-bond acceptors (Lipinski definition) is 5. The van der Waals surface area contributed by atoms with E-state index in [1.54, 1.807) is 12.4 Å². The van der Waals surface area contributed by atoms with E-state index in [1.807, 2.05) is 12.1 Å². The monoisotopic (exact) mass is 426 g/mol. The number of aryl methyl sites for hydroxylation is 1. The molecule has 3 heterocycles. The van der Waals surface area contributed by atoms with E-state index in [9.17, 15) is 13.2 Å². The van der Waals surface area contributed by atoms with Crippen molar-refractivity contribution >= 4 is 5.82 Å². The zero-order valence-electron chi connectivity index (χ0n) is 16.8. The molecule has 0 spiro atoms. The third-order valence-corrected chi connectivity index (χ3v) is 5.83. The van der Waals surface area contributed by atoms with Gasteiger partial charge in [-0.1, -0.05) is 12.1 Å². The van der Waals surface area contributed by atoms with Crippen LogP contribution >= 0.6 is 0 Å². The summed E-state index contributed by atoms with van der Waals surface area (Å²) in [6, 6.07) is 9.02. The Morgan fingerprint density at radius 2 is 1.74 bits per heavy atom. The average molecular weight is 426 g/mol. The highest BCUT2D eigenvalue weighted by Crippen LogP contribution is 2.35. The standard InChI is InChI=1S/C23H21F3N4O/c24-23(25,26)17-6-4-15(5-7-17)20-14-30(12-13-31-20)22-18-2-1-3-19(18)28-21(29-22)16-8-10-27-11-9-16/h4-11,20H,1-3,12-14H2. The van der Waals surface area contributed by atoms with Crippen molar-refractivity contribution in [3.63, 3.8) is 0 Å². The molecule has 5 nitrogen and oxygen atoms in total. The molecular formula is C23H21F3N4O. The van der Waals surface area contributed by atoms with E-state index < -0.39 is 11.7 Å². The molecule has 8 heteroatoms. The molecule has 1 atom stereocenters. The number of halogens is 3. The molecular weight excluding hydrogens is 405 g/mol. The lowest BCUT2D eigenvalue weighted by molar-refractivity contribution is -0.137. The van der Waals surface area contributed by atoms with Gasteiger partial charge in [0, 0.05) is 42.3 Å². The molecule has 1 saturated heterocycles. The van der Waals surface area contributed by atoms with Crippen LogP contribution in [-0.2, 0) is 23.8 Å². The number of aromatic nitrogens is 3. The highest BCUT2D eigenvalue weighted by Gasteiger charge is 2.32. The van der Waals surface area contributed by atoms with Crippen molar-refractivity contribution in [3.8, 4) is 11.4 Å². The normalized spacial score (nSPS) is 18.8. The first-order valence-corrected chi connectivity index (χ1v) is 10.3. The fourth-order valence-corrected chi connectivity index (χ4v) is 4.23. The molecule has 2 aromatic heterocycles. The van der Waals surface area contributed by atoms with Gasteiger partial charge in [-0.05, 0) is 49.1 Å². The molecule has 3 aromatic rings. The van der Waals surface area contributed by atoms with E-state index >= 15 is 0 Å². The number of pyridine rings is 1. The Bertz CT molecular complexity index is 1070. The van der Waals surface area contributed by atoms with Crippen molar-refractivity contribution in [2.75, 3.05) is 24.6 Å². The lowest BCUT2D eigenvalue weighted by Crippen LogP contribution is -2.39. The number of benzene rings is 1. The lowest BCUT2D eigenvalue weighted by Gasteiger charge is -2.35. The minimum absolute atomic E-state index is 0.313. The maximum atomic E-state index is 12.9. The Hall–Kier alpha value is -3.00. The molecule has 1 aliphatic heterocycles. The average Bonchev–Trinajstić information content (AvgIpc) is 3.27. The van der Waals surface area contributed by atoms with Gasteiger partial charge in [-0.3, -0.25) is 4.98 Å². The maximum Gasteiger partial charge on any atom is 0.416 e. The summed E-state index contributed by atoms with van der Waals surface area (Å²) in [6.45, 7) is 1.69. The second kappa shape index (κ2) is 7.92. The number of nitrogens with zero attached hydrogens (tertiary/aromatic N) is 4. The Morgan fingerprint density at radius 1 is 0.968 bits per heavy atom. The van der Waals surface area contributed by atoms with Crippen LogP contribution in [0.5, 0.6) is 0 Å². The van der Waals surface area contributed by atoms with Crippen molar-refractivity contribution < 1.29 is 17.9 Å². The van der Waals surface area contributed by atoms with Crippen LogP contribution in [0.1, 0.15) is 34.9 Å². The third kappa shape index (κ3) is 3.99. The Kier molecular flexibility index (Phi) is 5.09. The van der Waals surface area contributed by atoms with Gasteiger partial charge in [-0.25, -0.2) is 9.97 Å². The number of alkyl halides is 3. The van der Waals surface area contributed by atoms with Crippen LogP contribution in [0.15, 0.2) is 48.8 Å². The Balaban J connectivity index is 1.44. The second-order valence-corrected chi connectivity index (χ2v) is 7.81. The Labute approximate surface area is 177 Å². The van der Waals surface area contributed by atoms with Crippen LogP contribution in [0.25, 0.3) is 11.4 Å². The fraction of sp³-hybridized carbons (Fsp3) is 0.348. The molecule has 0 amide bonds. The number of morpholine rings is 1. The van der Waals surface area contributed by atoms with Gasteiger partial charge in [-0.2, -0.15) is 13.2 Å². The van der Waals surface area contributed by atoms with E-state index in [-0.39, 0.29) is 6.10 Å². The van der Waals surface area contributed by atoms with Gasteiger partial charge in [0.2, 0.25) is 0 Å². The van der Waals surface area contributed by atoms with Crippen molar-refractivity contribution in [1.82, 2.24) is 15.0 Å². The second-order valence-electron chi connectivity index (χ2n) is 7.81. The zero-order valence-corrected chi connectivity index (χ0v) is 16.8. The molecule has 0 bridgehead atoms. The zero-order chi connectivity index (χ0) is 21.4. The molecule has 1 unspecified atom stereocenters. The van der Waals surface area contributed by atoms with Gasteiger partial charge >= 0.3 is 6.18 Å². The SMILES string of the molecule is FC(F)(F)c1ccc(C2CN(c3nc(-c4ccncc4)nc4c3CCC4)CCO2)cc1. The number of ether oxygens (including phenoxy) is 1. The molecule has 1 aromatic carbocycles. The number of hydrogen-bond donors (Lipinski definition) is 0. The highest BCUT2D eigenvalue weighted by atomic mass is 19.4. The third-order valence-electron chi connectivity index (χ3n) is 5.83. The summed E-state index contributed by atoms with van der Waals surface area (Å²) in [5.41, 5.74) is 3.25. The van der Waals surface area contributed by atoms with E-state index in [4.69, 9.17) is 14.7 Å². The van der Waals surface area contributed by atoms with Crippen molar-refractivity contribution in [1.29, 1.82) is 0 Å². The van der Waals surface area contributed by atoms with E-state index in [2.05, 4.69) is 9.88 Å². The van der Waals surface area contributed by atoms with E-state index in [0.717, 1.165) is 54.0 Å². The summed E-state index contributed by atoms with van der Waals surface area (Å²) >= 11 is 0. The number of anilines is 1. The molecule has 5 rings (SSSR count). The largest absolute Gasteiger partial charge is 0.416 e. The van der Waals surface area contributed by atoms with Gasteiger partial charge in [0.25, 0.3) is 0 Å². The summed E-state index contributed by atoms with van der Waals surface area (Å²) < 4.78 is 44.6. The fourth-order valence-electron chi connectivity index (χ4n) is 4.23. The first-order chi connectivity index (χ1) is 15.0. The van der Waals surface area contributed by atoms with Crippen LogP contribution in [0, 0.1) is 0 Å². The minimum Gasteiger partial charge on any atom is -0.370 e. The van der Waals surface area contributed by atoms with Crippen molar-refractivity contribution in [2.45, 2.75) is 31.5 Å². The summed E-state index contributed by atoms with van der Waals surface area (Å²) in [6.07, 6.45) is 1.69. The topological polar surface area (TPSA) is 51.1 Å². The van der Waals surface area contributed by atoms with Gasteiger partial charge < -0.3 is 9.64 Å². The van der Waals surface area contributed by atoms with Crippen LogP contribution in [0.4, 0.5) is 19.0 Å². The van der Waals surface area contributed by atoms with Gasteiger partial charge in [0.15, 0.2) is 5.82 Å². The molecule has 1 fully saturated rings. The summed E-state index contributed by atoms with van der Waals surface area (Å²) in [7, 11) is 0. The predicted octanol–water partition coefficient (Wildman–Crippen LogP) is 4.62. The summed E-state index contributed by atoms with van der Waals surface area (Å²) in [5.74, 6) is 1.59. The van der Waals surface area contributed by atoms with Gasteiger partial charge in [0.1, 0.15) is 11.9 Å². The predicted molar refractivity (Wildman–Crippen MR) is 110 cm³/mol. The molecule has 0 saturated carbocycles. The van der Waals surface area contributed by atoms with E-state index in [1.165, 1.54) is 17.7 Å². The van der Waals surface area contributed by atoms with Crippen LogP contribution in [-0.4, -0.2) is 34.6 Å². The first kappa shape index (κ1) is 19.9. The quantitative estimate of drug-likeness (QED) is 0.612. The highest BCUT2D eigenvalue weighted by molar-refractivity contribution is 5.61. The van der Waals surface area contributed by atoms with Crippen LogP contribution < -0.4 is 4.90 Å². The van der Waals surface area contributed by atoms with Crippen molar-refractivity contribution in [3.05, 3.63) is 71.2 Å². The minimum atomic E-state index is -4.34. The smallest absolute Gasteiger partial charge is 0.370 e. The molecule has 2 aliphatic rings. The first-order valence-electron chi connectivity index (χ1n) is 10.3. The number of rotatable bonds is 3. The van der Waals surface area contributed by atoms with Gasteiger partial charge in [0.05, 0.1) is 12.2 Å². The molecule has 0 radical (unpaired) electrons. The summed E-state index contributed by atoms with van der Waals surface area (Å²) in [5, 5.41) is 0. The molecule has 1 aliphatic carbocycles.